The van der Waals surface area contributed by atoms with Gasteiger partial charge in [0.2, 0.25) is 0 Å². The Morgan fingerprint density at radius 3 is 2.62 bits per heavy atom. The summed E-state index contributed by atoms with van der Waals surface area (Å²) in [5, 5.41) is 0.654. The van der Waals surface area contributed by atoms with Gasteiger partial charge < -0.3 is 19.9 Å². The molecule has 1 aliphatic carbocycles. The van der Waals surface area contributed by atoms with Crippen LogP contribution < -0.4 is 20.8 Å². The van der Waals surface area contributed by atoms with Crippen molar-refractivity contribution in [2.75, 3.05) is 13.7 Å². The molecule has 2 aromatic carbocycles. The number of rotatable bonds is 9. The van der Waals surface area contributed by atoms with Gasteiger partial charge >= 0.3 is 5.97 Å². The number of benzene rings is 2. The van der Waals surface area contributed by atoms with Gasteiger partial charge in [0.05, 0.1) is 18.3 Å². The number of thiophene rings is 1. The van der Waals surface area contributed by atoms with Gasteiger partial charge in [0, 0.05) is 16.0 Å². The smallest absolute Gasteiger partial charge is 0.323 e. The molecule has 1 saturated carbocycles. The van der Waals surface area contributed by atoms with Gasteiger partial charge in [0.1, 0.15) is 29.8 Å². The first-order chi connectivity index (χ1) is 17.8. The zero-order chi connectivity index (χ0) is 26.1. The van der Waals surface area contributed by atoms with E-state index in [9.17, 15) is 9.59 Å². The number of hydrogen-bond donors (Lipinski definition) is 1. The van der Waals surface area contributed by atoms with Crippen LogP contribution in [0.2, 0.25) is 5.02 Å². The number of carbonyl (C=O) groups is 1. The second-order valence-electron chi connectivity index (χ2n) is 9.00. The summed E-state index contributed by atoms with van der Waals surface area (Å²) < 4.78 is 19.1. The largest absolute Gasteiger partial charge is 0.493 e. The van der Waals surface area contributed by atoms with E-state index in [0.717, 1.165) is 23.3 Å². The highest BCUT2D eigenvalue weighted by atomic mass is 35.5. The van der Waals surface area contributed by atoms with Crippen molar-refractivity contribution in [3.8, 4) is 27.6 Å². The van der Waals surface area contributed by atoms with Crippen LogP contribution in [0.1, 0.15) is 19.8 Å². The van der Waals surface area contributed by atoms with E-state index in [2.05, 4.69) is 4.98 Å². The number of nitrogens with zero attached hydrogens (tertiary/aromatic N) is 2. The molecule has 2 atom stereocenters. The highest BCUT2D eigenvalue weighted by molar-refractivity contribution is 7.22. The molecule has 0 spiro atoms. The predicted octanol–water partition coefficient (Wildman–Crippen LogP) is 4.82. The lowest BCUT2D eigenvalue weighted by molar-refractivity contribution is -0.153. The van der Waals surface area contributed by atoms with Gasteiger partial charge in [0.25, 0.3) is 5.56 Å². The SMILES string of the molecule is COc1cc(-n2cnc3cc(-c4ccc(Cl)cc4)sc3c2=O)ccc1OC[C@H](OC(=O)[C@H](C)N)C1CC1. The van der Waals surface area contributed by atoms with Crippen molar-refractivity contribution >= 4 is 39.1 Å². The molecule has 0 aliphatic heterocycles. The third-order valence-corrected chi connectivity index (χ3v) is 7.60. The van der Waals surface area contributed by atoms with Gasteiger partial charge in [-0.15, -0.1) is 11.3 Å². The number of nitrogens with two attached hydrogens (primary N) is 1. The maximum atomic E-state index is 13.3. The number of halogens is 1. The van der Waals surface area contributed by atoms with Crippen LogP contribution in [0.5, 0.6) is 11.5 Å². The molecule has 0 radical (unpaired) electrons. The number of esters is 1. The van der Waals surface area contributed by atoms with E-state index in [4.69, 9.17) is 31.5 Å². The third kappa shape index (κ3) is 5.49. The number of aromatic nitrogens is 2. The molecule has 8 nitrogen and oxygen atoms in total. The van der Waals surface area contributed by atoms with Crippen LogP contribution in [-0.4, -0.2) is 41.4 Å². The molecule has 2 heterocycles. The summed E-state index contributed by atoms with van der Waals surface area (Å²) in [6.45, 7) is 1.78. The Morgan fingerprint density at radius 1 is 1.19 bits per heavy atom. The monoisotopic (exact) mass is 539 g/mol. The minimum absolute atomic E-state index is 0.178. The number of fused-ring (bicyclic) bond motifs is 1. The molecule has 2 N–H and O–H groups in total. The van der Waals surface area contributed by atoms with E-state index in [1.807, 2.05) is 30.3 Å². The fourth-order valence-electron chi connectivity index (χ4n) is 3.94. The van der Waals surface area contributed by atoms with Crippen molar-refractivity contribution in [2.24, 2.45) is 11.7 Å². The van der Waals surface area contributed by atoms with Crippen LogP contribution in [0.4, 0.5) is 0 Å². The van der Waals surface area contributed by atoms with E-state index in [-0.39, 0.29) is 24.2 Å². The lowest BCUT2D eigenvalue weighted by atomic mass is 10.2. The zero-order valence-corrected chi connectivity index (χ0v) is 21.9. The van der Waals surface area contributed by atoms with Gasteiger partial charge in [-0.2, -0.15) is 0 Å². The third-order valence-electron chi connectivity index (χ3n) is 6.18. The average molecular weight is 540 g/mol. The quantitative estimate of drug-likeness (QED) is 0.304. The summed E-state index contributed by atoms with van der Waals surface area (Å²) in [7, 11) is 1.53. The second kappa shape index (κ2) is 10.5. The molecule has 37 heavy (non-hydrogen) atoms. The fourth-order valence-corrected chi connectivity index (χ4v) is 5.11. The van der Waals surface area contributed by atoms with Crippen molar-refractivity contribution in [1.82, 2.24) is 9.55 Å². The molecule has 0 amide bonds. The Bertz CT molecular complexity index is 1490. The standard InChI is InChI=1S/C27H26ClN3O5S/c1-15(29)27(33)36-23(16-3-4-16)13-35-21-10-9-19(11-22(21)34-2)31-14-30-20-12-24(37-25(20)26(31)32)17-5-7-18(28)8-6-17/h5-12,14-16,23H,3-4,13,29H2,1-2H3/t15-,23-/m0/s1. The van der Waals surface area contributed by atoms with E-state index in [1.54, 1.807) is 25.1 Å². The summed E-state index contributed by atoms with van der Waals surface area (Å²) in [4.78, 5) is 30.8. The van der Waals surface area contributed by atoms with E-state index in [0.29, 0.717) is 32.4 Å². The molecule has 0 saturated heterocycles. The van der Waals surface area contributed by atoms with E-state index < -0.39 is 12.0 Å². The van der Waals surface area contributed by atoms with Crippen LogP contribution >= 0.6 is 22.9 Å². The first-order valence-electron chi connectivity index (χ1n) is 11.9. The van der Waals surface area contributed by atoms with Gasteiger partial charge in [0.15, 0.2) is 11.5 Å². The summed E-state index contributed by atoms with van der Waals surface area (Å²) in [5.41, 5.74) is 7.66. The summed E-state index contributed by atoms with van der Waals surface area (Å²) in [6.07, 6.45) is 3.11. The molecule has 4 aromatic rings. The summed E-state index contributed by atoms with van der Waals surface area (Å²) >= 11 is 7.39. The molecule has 1 aliphatic rings. The average Bonchev–Trinajstić information content (AvgIpc) is 3.65. The van der Waals surface area contributed by atoms with Crippen LogP contribution in [-0.2, 0) is 9.53 Å². The van der Waals surface area contributed by atoms with Gasteiger partial charge in [-0.3, -0.25) is 14.2 Å². The van der Waals surface area contributed by atoms with Crippen LogP contribution in [0.15, 0.2) is 59.7 Å². The number of carbonyl (C=O) groups excluding carboxylic acids is 1. The minimum atomic E-state index is -0.690. The highest BCUT2D eigenvalue weighted by Crippen LogP contribution is 2.36. The Kier molecular flexibility index (Phi) is 7.19. The molecule has 0 bridgehead atoms. The van der Waals surface area contributed by atoms with Crippen LogP contribution in [0.25, 0.3) is 26.3 Å². The Labute approximate surface area is 222 Å². The van der Waals surface area contributed by atoms with Crippen LogP contribution in [0, 0.1) is 5.92 Å². The maximum Gasteiger partial charge on any atom is 0.323 e. The molecule has 0 unspecified atom stereocenters. The molecule has 2 aromatic heterocycles. The molecule has 10 heteroatoms. The lowest BCUT2D eigenvalue weighted by Crippen LogP contribution is -2.35. The van der Waals surface area contributed by atoms with Crippen molar-refractivity contribution < 1.29 is 19.0 Å². The number of methoxy groups -OCH3 is 1. The second-order valence-corrected chi connectivity index (χ2v) is 10.5. The molecular formula is C27H26ClN3O5S. The normalized spacial score (nSPS) is 14.8. The van der Waals surface area contributed by atoms with Gasteiger partial charge in [-0.25, -0.2) is 4.98 Å². The topological polar surface area (TPSA) is 106 Å². The van der Waals surface area contributed by atoms with Crippen LogP contribution in [0.3, 0.4) is 0 Å². The number of ether oxygens (including phenoxy) is 3. The predicted molar refractivity (Wildman–Crippen MR) is 144 cm³/mol. The Balaban J connectivity index is 1.39. The summed E-state index contributed by atoms with van der Waals surface area (Å²) in [6, 6.07) is 13.9. The first-order valence-corrected chi connectivity index (χ1v) is 13.1. The molecular weight excluding hydrogens is 514 g/mol. The maximum absolute atomic E-state index is 13.3. The van der Waals surface area contributed by atoms with E-state index in [1.165, 1.54) is 29.3 Å². The first kappa shape index (κ1) is 25.3. The zero-order valence-electron chi connectivity index (χ0n) is 20.3. The van der Waals surface area contributed by atoms with Crippen molar-refractivity contribution in [1.29, 1.82) is 0 Å². The van der Waals surface area contributed by atoms with Crippen molar-refractivity contribution in [2.45, 2.75) is 31.9 Å². The Morgan fingerprint density at radius 2 is 1.95 bits per heavy atom. The number of hydrogen-bond acceptors (Lipinski definition) is 8. The molecule has 1 fully saturated rings. The van der Waals surface area contributed by atoms with Crippen molar-refractivity contribution in [3.63, 3.8) is 0 Å². The molecule has 5 rings (SSSR count). The highest BCUT2D eigenvalue weighted by Gasteiger charge is 2.35. The van der Waals surface area contributed by atoms with Crippen molar-refractivity contribution in [3.05, 3.63) is 70.2 Å². The van der Waals surface area contributed by atoms with Gasteiger partial charge in [-0.05, 0) is 61.6 Å². The lowest BCUT2D eigenvalue weighted by Gasteiger charge is -2.20. The fraction of sp³-hybridized carbons (Fsp3) is 0.296. The van der Waals surface area contributed by atoms with E-state index >= 15 is 0 Å². The molecule has 192 valence electrons. The Hall–Kier alpha value is -3.40. The summed E-state index contributed by atoms with van der Waals surface area (Å²) in [5.74, 6) is 0.758. The van der Waals surface area contributed by atoms with Gasteiger partial charge in [-0.1, -0.05) is 23.7 Å². The minimum Gasteiger partial charge on any atom is -0.493 e.